The van der Waals surface area contributed by atoms with E-state index in [0.717, 1.165) is 32.1 Å². The second-order valence-corrected chi connectivity index (χ2v) is 9.98. The summed E-state index contributed by atoms with van der Waals surface area (Å²) in [7, 11) is 0. The number of amides is 2. The van der Waals surface area contributed by atoms with Gasteiger partial charge in [0.05, 0.1) is 22.5 Å². The number of aryl methyl sites for hydroxylation is 1. The summed E-state index contributed by atoms with van der Waals surface area (Å²) in [6.45, 7) is 1.80. The zero-order valence-electron chi connectivity index (χ0n) is 17.3. The van der Waals surface area contributed by atoms with E-state index in [4.69, 9.17) is 11.6 Å². The van der Waals surface area contributed by atoms with Gasteiger partial charge in [-0.1, -0.05) is 17.7 Å². The van der Waals surface area contributed by atoms with Gasteiger partial charge in [-0.2, -0.15) is 0 Å². The molecule has 1 aromatic heterocycles. The lowest BCUT2D eigenvalue weighted by Gasteiger charge is -2.62. The van der Waals surface area contributed by atoms with E-state index in [-0.39, 0.29) is 16.5 Å². The van der Waals surface area contributed by atoms with Gasteiger partial charge in [-0.25, -0.2) is 9.37 Å². The minimum absolute atomic E-state index is 0.0450. The van der Waals surface area contributed by atoms with Crippen LogP contribution in [0.4, 0.5) is 4.39 Å². The minimum Gasteiger partial charge on any atom is -0.346 e. The Labute approximate surface area is 185 Å². The van der Waals surface area contributed by atoms with Gasteiger partial charge in [0.2, 0.25) is 0 Å². The van der Waals surface area contributed by atoms with Crippen LogP contribution in [0.1, 0.15) is 65.1 Å². The molecule has 4 saturated carbocycles. The molecule has 0 spiro atoms. The molecule has 2 N–H and O–H groups in total. The summed E-state index contributed by atoms with van der Waals surface area (Å²) >= 11 is 5.87. The summed E-state index contributed by atoms with van der Waals surface area (Å²) in [6.07, 6.45) is 8.29. The van der Waals surface area contributed by atoms with Crippen molar-refractivity contribution in [3.05, 3.63) is 58.4 Å². The first-order chi connectivity index (χ1) is 14.8. The summed E-state index contributed by atoms with van der Waals surface area (Å²) in [6, 6.07) is 4.45. The highest BCUT2D eigenvalue weighted by molar-refractivity contribution is 6.31. The molecular formula is C23H24ClFN4O2. The molecule has 2 amide bonds. The van der Waals surface area contributed by atoms with Gasteiger partial charge >= 0.3 is 0 Å². The van der Waals surface area contributed by atoms with E-state index >= 15 is 0 Å². The maximum absolute atomic E-state index is 14.4. The molecule has 0 aliphatic heterocycles. The van der Waals surface area contributed by atoms with Gasteiger partial charge in [-0.05, 0) is 69.4 Å². The second-order valence-electron chi connectivity index (χ2n) is 9.58. The highest BCUT2D eigenvalue weighted by Crippen LogP contribution is 2.57. The van der Waals surface area contributed by atoms with Crippen molar-refractivity contribution < 1.29 is 14.0 Å². The first-order valence-electron chi connectivity index (χ1n) is 10.6. The van der Waals surface area contributed by atoms with Crippen LogP contribution in [0.3, 0.4) is 0 Å². The Bertz CT molecular complexity index is 1060. The monoisotopic (exact) mass is 442 g/mol. The molecule has 4 aliphatic carbocycles. The van der Waals surface area contributed by atoms with Crippen molar-refractivity contribution in [2.45, 2.75) is 56.5 Å². The summed E-state index contributed by atoms with van der Waals surface area (Å²) in [5, 5.41) is 6.31. The molecule has 2 aromatic rings. The van der Waals surface area contributed by atoms with Gasteiger partial charge in [-0.15, -0.1) is 0 Å². The van der Waals surface area contributed by atoms with Crippen LogP contribution in [0.25, 0.3) is 0 Å². The van der Waals surface area contributed by atoms with E-state index in [1.165, 1.54) is 18.3 Å². The van der Waals surface area contributed by atoms with Crippen LogP contribution in [-0.4, -0.2) is 32.9 Å². The van der Waals surface area contributed by atoms with E-state index in [1.54, 1.807) is 19.2 Å². The summed E-state index contributed by atoms with van der Waals surface area (Å²) < 4.78 is 14.4. The van der Waals surface area contributed by atoms with Crippen molar-refractivity contribution in [3.8, 4) is 0 Å². The number of carbonyl (C=O) groups is 2. The Kier molecular flexibility index (Phi) is 4.77. The highest BCUT2D eigenvalue weighted by Gasteiger charge is 2.59. The largest absolute Gasteiger partial charge is 0.346 e. The fourth-order valence-corrected chi connectivity index (χ4v) is 6.59. The first kappa shape index (κ1) is 20.4. The first-order valence-corrected chi connectivity index (χ1v) is 11.0. The van der Waals surface area contributed by atoms with Crippen molar-refractivity contribution in [2.24, 2.45) is 11.8 Å². The molecular weight excluding hydrogens is 419 g/mol. The smallest absolute Gasteiger partial charge is 0.271 e. The number of rotatable bonds is 4. The summed E-state index contributed by atoms with van der Waals surface area (Å²) in [5.41, 5.74) is 0.0884. The number of hydrogen-bond donors (Lipinski definition) is 2. The van der Waals surface area contributed by atoms with Crippen molar-refractivity contribution in [3.63, 3.8) is 0 Å². The minimum atomic E-state index is -0.701. The van der Waals surface area contributed by atoms with Gasteiger partial charge in [-0.3, -0.25) is 14.6 Å². The molecule has 1 heterocycles. The predicted octanol–water partition coefficient (Wildman–Crippen LogP) is 3.83. The van der Waals surface area contributed by atoms with Crippen molar-refractivity contribution in [1.29, 1.82) is 0 Å². The lowest BCUT2D eigenvalue weighted by atomic mass is 9.49. The molecule has 2 unspecified atom stereocenters. The molecule has 2 atom stereocenters. The third-order valence-electron chi connectivity index (χ3n) is 7.00. The molecule has 162 valence electrons. The Morgan fingerprint density at radius 3 is 2.35 bits per heavy atom. The van der Waals surface area contributed by atoms with Gasteiger partial charge < -0.3 is 10.6 Å². The molecule has 4 fully saturated rings. The number of benzene rings is 1. The normalized spacial score (nSPS) is 30.8. The van der Waals surface area contributed by atoms with Crippen LogP contribution in [-0.2, 0) is 0 Å². The fourth-order valence-electron chi connectivity index (χ4n) is 6.42. The van der Waals surface area contributed by atoms with Crippen LogP contribution in [0.5, 0.6) is 0 Å². The van der Waals surface area contributed by atoms with E-state index in [1.807, 2.05) is 0 Å². The van der Waals surface area contributed by atoms with E-state index < -0.39 is 22.8 Å². The Morgan fingerprint density at radius 2 is 1.71 bits per heavy atom. The van der Waals surface area contributed by atoms with E-state index in [9.17, 15) is 14.0 Å². The zero-order chi connectivity index (χ0) is 21.8. The molecule has 8 heteroatoms. The number of carbonyl (C=O) groups excluding carboxylic acids is 2. The molecule has 0 radical (unpaired) electrons. The van der Waals surface area contributed by atoms with Gasteiger partial charge in [0, 0.05) is 17.3 Å². The average molecular weight is 443 g/mol. The second kappa shape index (κ2) is 7.26. The average Bonchev–Trinajstić information content (AvgIpc) is 2.68. The molecule has 0 saturated heterocycles. The van der Waals surface area contributed by atoms with Crippen molar-refractivity contribution in [1.82, 2.24) is 20.6 Å². The van der Waals surface area contributed by atoms with Gasteiger partial charge in [0.25, 0.3) is 11.8 Å². The van der Waals surface area contributed by atoms with Crippen LogP contribution in [0.15, 0.2) is 30.6 Å². The van der Waals surface area contributed by atoms with Crippen LogP contribution < -0.4 is 10.6 Å². The number of nitrogens with one attached hydrogen (secondary N) is 2. The number of halogens is 2. The Morgan fingerprint density at radius 1 is 1.06 bits per heavy atom. The predicted molar refractivity (Wildman–Crippen MR) is 113 cm³/mol. The van der Waals surface area contributed by atoms with Gasteiger partial charge in [0.15, 0.2) is 5.82 Å². The molecule has 1 aromatic carbocycles. The Balaban J connectivity index is 1.39. The summed E-state index contributed by atoms with van der Waals surface area (Å²) in [5.74, 6) is -0.565. The van der Waals surface area contributed by atoms with Crippen molar-refractivity contribution >= 4 is 23.4 Å². The maximum Gasteiger partial charge on any atom is 0.271 e. The standard InChI is InChI=1S/C23H24ClFN4O2/c1-13-10-26-11-18(27-13)21(31)29-23-8-14-5-15(9-23)7-22(6-14,12-23)28-20(30)16-3-2-4-17(24)19(16)25/h2-4,10-11,14-15H,5-9,12H2,1H3,(H,28,30)(H,29,31). The van der Waals surface area contributed by atoms with Crippen LogP contribution in [0.2, 0.25) is 5.02 Å². The van der Waals surface area contributed by atoms with Crippen LogP contribution >= 0.6 is 11.6 Å². The summed E-state index contributed by atoms with van der Waals surface area (Å²) in [4.78, 5) is 34.3. The third-order valence-corrected chi connectivity index (χ3v) is 7.29. The van der Waals surface area contributed by atoms with E-state index in [2.05, 4.69) is 20.6 Å². The lowest BCUT2D eigenvalue weighted by Crippen LogP contribution is -2.70. The molecule has 4 bridgehead atoms. The Hall–Kier alpha value is -2.54. The SMILES string of the molecule is Cc1cncc(C(=O)NC23CC4CC(C2)CC(NC(=O)c2cccc(Cl)c2F)(C4)C3)n1. The topological polar surface area (TPSA) is 84.0 Å². The van der Waals surface area contributed by atoms with Crippen molar-refractivity contribution in [2.75, 3.05) is 0 Å². The zero-order valence-corrected chi connectivity index (χ0v) is 18.0. The lowest BCUT2D eigenvalue weighted by molar-refractivity contribution is -0.0448. The molecule has 6 rings (SSSR count). The maximum atomic E-state index is 14.4. The van der Waals surface area contributed by atoms with Crippen LogP contribution in [0, 0.1) is 24.6 Å². The van der Waals surface area contributed by atoms with E-state index in [0.29, 0.717) is 29.6 Å². The molecule has 4 aliphatic rings. The third kappa shape index (κ3) is 3.69. The van der Waals surface area contributed by atoms with Gasteiger partial charge in [0.1, 0.15) is 5.69 Å². The number of nitrogens with zero attached hydrogens (tertiary/aromatic N) is 2. The quantitative estimate of drug-likeness (QED) is 0.753. The number of aromatic nitrogens is 2. The fraction of sp³-hybridized carbons (Fsp3) is 0.478. The molecule has 6 nitrogen and oxygen atoms in total. The molecule has 31 heavy (non-hydrogen) atoms. The number of hydrogen-bond acceptors (Lipinski definition) is 4. The highest BCUT2D eigenvalue weighted by atomic mass is 35.5.